The van der Waals surface area contributed by atoms with Gasteiger partial charge >= 0.3 is 0 Å². The predicted octanol–water partition coefficient (Wildman–Crippen LogP) is 9.62. The van der Waals surface area contributed by atoms with Gasteiger partial charge in [-0.2, -0.15) is 0 Å². The number of rotatable bonds is 7. The van der Waals surface area contributed by atoms with E-state index in [4.69, 9.17) is 0 Å². The zero-order valence-corrected chi connectivity index (χ0v) is 23.5. The Balaban J connectivity index is 1.79. The lowest BCUT2D eigenvalue weighted by Gasteiger charge is -2.26. The van der Waals surface area contributed by atoms with Crippen molar-refractivity contribution in [3.63, 3.8) is 0 Å². The first-order valence-corrected chi connectivity index (χ1v) is 15.3. The number of fused-ring (bicyclic) bond motifs is 2. The van der Waals surface area contributed by atoms with E-state index in [2.05, 4.69) is 153 Å². The second-order valence-corrected chi connectivity index (χ2v) is 12.1. The molecule has 6 rings (SSSR count). The lowest BCUT2D eigenvalue weighted by molar-refractivity contribution is 1.17. The Morgan fingerprint density at radius 3 is 1.62 bits per heavy atom. The average Bonchev–Trinajstić information content (AvgIpc) is 3.00. The fourth-order valence-corrected chi connectivity index (χ4v) is 8.26. The molecule has 0 aliphatic carbocycles. The van der Waals surface area contributed by atoms with E-state index in [1.165, 1.54) is 59.7 Å². The van der Waals surface area contributed by atoms with E-state index in [0.29, 0.717) is 0 Å². The maximum Gasteiger partial charge on any atom is -0.000937 e. The third-order valence-electron chi connectivity index (χ3n) is 7.53. The molecule has 0 aliphatic heterocycles. The van der Waals surface area contributed by atoms with Crippen LogP contribution in [0.2, 0.25) is 0 Å². The van der Waals surface area contributed by atoms with Crippen molar-refractivity contribution in [1.82, 2.24) is 0 Å². The normalized spacial score (nSPS) is 11.9. The number of hydrogen-bond donors (Lipinski definition) is 0. The lowest BCUT2D eigenvalue weighted by Crippen LogP contribution is -2.22. The third kappa shape index (κ3) is 4.82. The molecule has 0 radical (unpaired) electrons. The largest absolute Gasteiger partial charge is 0.0810 e. The Bertz CT molecular complexity index is 1720. The van der Waals surface area contributed by atoms with Gasteiger partial charge in [0.15, 0.2) is 0 Å². The van der Waals surface area contributed by atoms with Crippen LogP contribution in [-0.2, 0) is 0 Å². The molecule has 0 saturated heterocycles. The van der Waals surface area contributed by atoms with Crippen LogP contribution in [0.1, 0.15) is 32.3 Å². The molecule has 0 heterocycles. The molecule has 0 bridgehead atoms. The van der Waals surface area contributed by atoms with Crippen molar-refractivity contribution < 1.29 is 0 Å². The zero-order chi connectivity index (χ0) is 26.6. The van der Waals surface area contributed by atoms with Crippen LogP contribution >= 0.6 is 7.92 Å². The van der Waals surface area contributed by atoms with E-state index in [-0.39, 0.29) is 0 Å². The summed E-state index contributed by atoms with van der Waals surface area (Å²) in [5.74, 6) is 0. The van der Waals surface area contributed by atoms with Crippen molar-refractivity contribution in [2.75, 3.05) is 0 Å². The quantitative estimate of drug-likeness (QED) is 0.184. The van der Waals surface area contributed by atoms with E-state index in [0.717, 1.165) is 12.8 Å². The van der Waals surface area contributed by atoms with E-state index in [1.54, 1.807) is 0 Å². The van der Waals surface area contributed by atoms with Crippen LogP contribution in [0.4, 0.5) is 0 Å². The van der Waals surface area contributed by atoms with Gasteiger partial charge in [-0.05, 0) is 80.5 Å². The topological polar surface area (TPSA) is 0 Å². The summed E-state index contributed by atoms with van der Waals surface area (Å²) in [5, 5.41) is 9.35. The summed E-state index contributed by atoms with van der Waals surface area (Å²) in [6.07, 6.45) is 4.44. The van der Waals surface area contributed by atoms with E-state index in [1.807, 2.05) is 0 Å². The lowest BCUT2D eigenvalue weighted by atomic mass is 9.86. The van der Waals surface area contributed by atoms with Gasteiger partial charge in [-0.3, -0.25) is 0 Å². The molecular formula is C38H33P. The minimum absolute atomic E-state index is 0.782. The molecule has 190 valence electrons. The summed E-state index contributed by atoms with van der Waals surface area (Å²) < 4.78 is 0. The first-order valence-electron chi connectivity index (χ1n) is 13.9. The van der Waals surface area contributed by atoms with Crippen molar-refractivity contribution in [2.45, 2.75) is 26.7 Å². The van der Waals surface area contributed by atoms with Gasteiger partial charge < -0.3 is 0 Å². The Morgan fingerprint density at radius 1 is 0.538 bits per heavy atom. The van der Waals surface area contributed by atoms with Crippen molar-refractivity contribution in [1.29, 1.82) is 0 Å². The monoisotopic (exact) mass is 520 g/mol. The summed E-state index contributed by atoms with van der Waals surface area (Å²) in [5.41, 5.74) is 5.50. The highest BCUT2D eigenvalue weighted by Crippen LogP contribution is 2.45. The van der Waals surface area contributed by atoms with Gasteiger partial charge in [-0.25, -0.2) is 0 Å². The summed E-state index contributed by atoms with van der Waals surface area (Å²) in [6, 6.07) is 49.4. The van der Waals surface area contributed by atoms with Crippen LogP contribution in [-0.4, -0.2) is 0 Å². The Kier molecular flexibility index (Phi) is 7.40. The Morgan fingerprint density at radius 2 is 1.05 bits per heavy atom. The van der Waals surface area contributed by atoms with Crippen LogP contribution in [0.15, 0.2) is 140 Å². The molecule has 0 spiro atoms. The van der Waals surface area contributed by atoms with Crippen molar-refractivity contribution in [3.8, 4) is 11.1 Å². The molecule has 0 unspecified atom stereocenters. The third-order valence-corrected chi connectivity index (χ3v) is 10.0. The van der Waals surface area contributed by atoms with Crippen LogP contribution in [0.5, 0.6) is 0 Å². The summed E-state index contributed by atoms with van der Waals surface area (Å²) in [6.45, 7) is 4.52. The molecule has 6 aromatic rings. The maximum atomic E-state index is 2.41. The summed E-state index contributed by atoms with van der Waals surface area (Å²) in [4.78, 5) is 0. The number of allylic oxidation sites excluding steroid dienone is 2. The molecule has 0 aliphatic rings. The van der Waals surface area contributed by atoms with Crippen LogP contribution in [0.25, 0.3) is 38.2 Å². The maximum absolute atomic E-state index is 2.41. The van der Waals surface area contributed by atoms with E-state index < -0.39 is 7.92 Å². The standard InChI is InChI=1S/C38H33P/c1-3-15-28(4-2)35-26-24-29-16-11-13-22-33(29)37(35)38-34-23-14-12-17-30(34)25-27-36(38)39(31-18-7-5-8-19-31)32-20-9-6-10-21-32/h5-27H,3-4H2,1-2H3/b28-15+. The molecule has 6 aromatic carbocycles. The molecule has 0 amide bonds. The number of benzene rings is 6. The summed E-state index contributed by atoms with van der Waals surface area (Å²) in [7, 11) is -0.782. The van der Waals surface area contributed by atoms with Gasteiger partial charge in [0.25, 0.3) is 0 Å². The highest BCUT2D eigenvalue weighted by atomic mass is 31.1. The second kappa shape index (κ2) is 11.4. The van der Waals surface area contributed by atoms with Crippen molar-refractivity contribution in [2.24, 2.45) is 0 Å². The molecule has 0 N–H and O–H groups in total. The van der Waals surface area contributed by atoms with Gasteiger partial charge in [0.05, 0.1) is 0 Å². The van der Waals surface area contributed by atoms with E-state index >= 15 is 0 Å². The SMILES string of the molecule is CC/C=C(\CC)c1ccc2ccccc2c1-c1c(P(c2ccccc2)c2ccccc2)ccc2ccccc12. The first-order chi connectivity index (χ1) is 19.3. The molecule has 0 aromatic heterocycles. The molecule has 0 fully saturated rings. The smallest absolute Gasteiger partial charge is 0.000937 e. The molecule has 0 saturated carbocycles. The molecule has 0 nitrogen and oxygen atoms in total. The van der Waals surface area contributed by atoms with Crippen molar-refractivity contribution in [3.05, 3.63) is 145 Å². The highest BCUT2D eigenvalue weighted by molar-refractivity contribution is 7.80. The molecular weight excluding hydrogens is 487 g/mol. The number of hydrogen-bond acceptors (Lipinski definition) is 0. The summed E-state index contributed by atoms with van der Waals surface area (Å²) >= 11 is 0. The van der Waals surface area contributed by atoms with Gasteiger partial charge in [0.1, 0.15) is 0 Å². The molecule has 39 heavy (non-hydrogen) atoms. The average molecular weight is 521 g/mol. The van der Waals surface area contributed by atoms with Gasteiger partial charge in [-0.15, -0.1) is 0 Å². The fraction of sp³-hybridized carbons (Fsp3) is 0.105. The van der Waals surface area contributed by atoms with Crippen LogP contribution < -0.4 is 15.9 Å². The fourth-order valence-electron chi connectivity index (χ4n) is 5.79. The van der Waals surface area contributed by atoms with Crippen LogP contribution in [0, 0.1) is 0 Å². The van der Waals surface area contributed by atoms with Crippen molar-refractivity contribution >= 4 is 51.0 Å². The molecule has 0 atom stereocenters. The van der Waals surface area contributed by atoms with Gasteiger partial charge in [0.2, 0.25) is 0 Å². The minimum Gasteiger partial charge on any atom is -0.0810 e. The highest BCUT2D eigenvalue weighted by Gasteiger charge is 2.25. The predicted molar refractivity (Wildman–Crippen MR) is 174 cm³/mol. The van der Waals surface area contributed by atoms with Gasteiger partial charge in [0, 0.05) is 0 Å². The molecule has 1 heteroatoms. The van der Waals surface area contributed by atoms with E-state index in [9.17, 15) is 0 Å². The zero-order valence-electron chi connectivity index (χ0n) is 22.6. The van der Waals surface area contributed by atoms with Crippen LogP contribution in [0.3, 0.4) is 0 Å². The second-order valence-electron chi connectivity index (χ2n) is 9.89. The Labute approximate surface area is 233 Å². The minimum atomic E-state index is -0.782. The van der Waals surface area contributed by atoms with Gasteiger partial charge in [-0.1, -0.05) is 153 Å². The first kappa shape index (κ1) is 25.3. The Hall–Kier alpha value is -3.99.